The molecule has 0 radical (unpaired) electrons. The van der Waals surface area contributed by atoms with Gasteiger partial charge in [-0.25, -0.2) is 0 Å². The van der Waals surface area contributed by atoms with E-state index in [1.54, 1.807) is 6.92 Å². The number of hydrogen-bond donors (Lipinski definition) is 1. The minimum absolute atomic E-state index is 0.0442. The molecule has 0 aromatic rings. The fourth-order valence-corrected chi connectivity index (χ4v) is 1.59. The molecular formula is C11H20F3NO3. The van der Waals surface area contributed by atoms with Crippen molar-refractivity contribution in [2.75, 3.05) is 26.9 Å². The quantitative estimate of drug-likeness (QED) is 0.541. The van der Waals surface area contributed by atoms with Crippen LogP contribution in [0.15, 0.2) is 0 Å². The molecule has 1 N–H and O–H groups in total. The molecule has 0 saturated carbocycles. The molecule has 7 heteroatoms. The second-order valence-corrected chi connectivity index (χ2v) is 4.13. The minimum atomic E-state index is -4.31. The Labute approximate surface area is 105 Å². The Bertz CT molecular complexity index is 258. The number of hydrogen-bond acceptors (Lipinski definition) is 4. The summed E-state index contributed by atoms with van der Waals surface area (Å²) in [5.74, 6) is -0.430. The van der Waals surface area contributed by atoms with Gasteiger partial charge >= 0.3 is 12.1 Å². The maximum Gasteiger partial charge on any atom is 0.411 e. The summed E-state index contributed by atoms with van der Waals surface area (Å²) in [7, 11) is 1.28. The fraction of sp³-hybridized carbons (Fsp3) is 0.909. The zero-order valence-corrected chi connectivity index (χ0v) is 10.9. The highest BCUT2D eigenvalue weighted by Gasteiger charge is 2.33. The van der Waals surface area contributed by atoms with Crippen molar-refractivity contribution in [2.24, 2.45) is 0 Å². The third-order valence-electron chi connectivity index (χ3n) is 2.43. The average molecular weight is 271 g/mol. The van der Waals surface area contributed by atoms with E-state index in [9.17, 15) is 18.0 Å². The molecule has 0 fully saturated rings. The van der Waals surface area contributed by atoms with Crippen molar-refractivity contribution >= 4 is 5.97 Å². The van der Waals surface area contributed by atoms with Crippen LogP contribution in [-0.2, 0) is 14.3 Å². The Balaban J connectivity index is 4.02. The van der Waals surface area contributed by atoms with Crippen molar-refractivity contribution in [1.82, 2.24) is 5.32 Å². The molecule has 0 amide bonds. The van der Waals surface area contributed by atoms with E-state index in [4.69, 9.17) is 0 Å². The molecule has 1 unspecified atom stereocenters. The molecular weight excluding hydrogens is 251 g/mol. The van der Waals surface area contributed by atoms with E-state index in [1.165, 1.54) is 7.11 Å². The zero-order valence-electron chi connectivity index (χ0n) is 10.9. The number of ether oxygens (including phenoxy) is 2. The van der Waals surface area contributed by atoms with Gasteiger partial charge in [-0.05, 0) is 26.3 Å². The molecule has 0 spiro atoms. The topological polar surface area (TPSA) is 47.6 Å². The lowest BCUT2D eigenvalue weighted by Gasteiger charge is -2.27. The van der Waals surface area contributed by atoms with Crippen LogP contribution in [0.1, 0.15) is 26.7 Å². The normalized spacial score (nSPS) is 15.2. The van der Waals surface area contributed by atoms with Crippen LogP contribution in [0.5, 0.6) is 0 Å². The maximum absolute atomic E-state index is 11.8. The summed E-state index contributed by atoms with van der Waals surface area (Å²) in [6.07, 6.45) is -3.62. The average Bonchev–Trinajstić information content (AvgIpc) is 2.26. The van der Waals surface area contributed by atoms with Crippen molar-refractivity contribution < 1.29 is 27.4 Å². The van der Waals surface area contributed by atoms with E-state index in [1.807, 2.05) is 6.92 Å². The molecule has 0 saturated heterocycles. The van der Waals surface area contributed by atoms with Crippen molar-refractivity contribution in [2.45, 2.75) is 38.4 Å². The van der Waals surface area contributed by atoms with Crippen LogP contribution >= 0.6 is 0 Å². The third-order valence-corrected chi connectivity index (χ3v) is 2.43. The molecule has 1 atom stereocenters. The predicted octanol–water partition coefficient (Wildman–Crippen LogP) is 1.89. The molecule has 0 aliphatic heterocycles. The van der Waals surface area contributed by atoms with Gasteiger partial charge in [-0.2, -0.15) is 13.2 Å². The van der Waals surface area contributed by atoms with Crippen LogP contribution in [0.3, 0.4) is 0 Å². The Morgan fingerprint density at radius 1 is 1.33 bits per heavy atom. The number of carbonyl (C=O) groups is 1. The van der Waals surface area contributed by atoms with E-state index >= 15 is 0 Å². The number of rotatable bonds is 8. The van der Waals surface area contributed by atoms with Crippen LogP contribution in [0, 0.1) is 0 Å². The Morgan fingerprint density at radius 2 is 1.94 bits per heavy atom. The Kier molecular flexibility index (Phi) is 7.23. The lowest BCUT2D eigenvalue weighted by molar-refractivity contribution is -0.174. The van der Waals surface area contributed by atoms with Gasteiger partial charge in [0, 0.05) is 6.61 Å². The largest absolute Gasteiger partial charge is 0.468 e. The van der Waals surface area contributed by atoms with Gasteiger partial charge < -0.3 is 14.8 Å². The molecule has 0 aliphatic carbocycles. The smallest absolute Gasteiger partial charge is 0.411 e. The van der Waals surface area contributed by atoms with E-state index in [2.05, 4.69) is 14.8 Å². The highest BCUT2D eigenvalue weighted by Crippen LogP contribution is 2.17. The second kappa shape index (κ2) is 7.58. The highest BCUT2D eigenvalue weighted by molar-refractivity contribution is 5.80. The van der Waals surface area contributed by atoms with Crippen molar-refractivity contribution in [3.8, 4) is 0 Å². The number of nitrogens with one attached hydrogen (secondary N) is 1. The molecule has 108 valence electrons. The Hall–Kier alpha value is -0.820. The SMILES string of the molecule is CCNC(C)(CCCOCC(F)(F)F)C(=O)OC. The van der Waals surface area contributed by atoms with Gasteiger partial charge in [0.15, 0.2) is 0 Å². The summed E-state index contributed by atoms with van der Waals surface area (Å²) in [6, 6.07) is 0. The van der Waals surface area contributed by atoms with Crippen LogP contribution < -0.4 is 5.32 Å². The second-order valence-electron chi connectivity index (χ2n) is 4.13. The number of likely N-dealkylation sites (N-methyl/N-ethyl adjacent to an activating group) is 1. The first-order valence-corrected chi connectivity index (χ1v) is 5.73. The van der Waals surface area contributed by atoms with Crippen molar-refractivity contribution in [3.63, 3.8) is 0 Å². The summed E-state index contributed by atoms with van der Waals surface area (Å²) in [6.45, 7) is 2.75. The molecule has 0 bridgehead atoms. The first-order valence-electron chi connectivity index (χ1n) is 5.73. The van der Waals surface area contributed by atoms with Gasteiger partial charge in [0.1, 0.15) is 12.1 Å². The summed E-state index contributed by atoms with van der Waals surface area (Å²) in [4.78, 5) is 11.5. The van der Waals surface area contributed by atoms with Gasteiger partial charge in [-0.1, -0.05) is 6.92 Å². The monoisotopic (exact) mass is 271 g/mol. The van der Waals surface area contributed by atoms with E-state index in [0.717, 1.165) is 0 Å². The van der Waals surface area contributed by atoms with Crippen LogP contribution in [0.2, 0.25) is 0 Å². The minimum Gasteiger partial charge on any atom is -0.468 e. The Morgan fingerprint density at radius 3 is 2.39 bits per heavy atom. The van der Waals surface area contributed by atoms with Crippen LogP contribution in [-0.4, -0.2) is 44.6 Å². The number of alkyl halides is 3. The lowest BCUT2D eigenvalue weighted by atomic mass is 9.96. The molecule has 0 aromatic carbocycles. The van der Waals surface area contributed by atoms with Gasteiger partial charge in [0.25, 0.3) is 0 Å². The summed E-state index contributed by atoms with van der Waals surface area (Å²) in [5, 5.41) is 2.96. The third kappa shape index (κ3) is 6.80. The summed E-state index contributed by atoms with van der Waals surface area (Å²) in [5.41, 5.74) is -0.884. The van der Waals surface area contributed by atoms with E-state index < -0.39 is 24.3 Å². The molecule has 4 nitrogen and oxygen atoms in total. The fourth-order valence-electron chi connectivity index (χ4n) is 1.59. The first-order chi connectivity index (χ1) is 8.25. The molecule has 0 aliphatic rings. The number of halogens is 3. The zero-order chi connectivity index (χ0) is 14.2. The summed E-state index contributed by atoms with van der Waals surface area (Å²) < 4.78 is 44.6. The van der Waals surface area contributed by atoms with Gasteiger partial charge in [-0.15, -0.1) is 0 Å². The molecule has 0 rings (SSSR count). The molecule has 18 heavy (non-hydrogen) atoms. The van der Waals surface area contributed by atoms with Gasteiger partial charge in [-0.3, -0.25) is 4.79 Å². The number of carbonyl (C=O) groups excluding carboxylic acids is 1. The summed E-state index contributed by atoms with van der Waals surface area (Å²) >= 11 is 0. The number of esters is 1. The predicted molar refractivity (Wildman–Crippen MR) is 60.2 cm³/mol. The molecule has 0 heterocycles. The molecule has 0 aromatic heterocycles. The number of methoxy groups -OCH3 is 1. The standard InChI is InChI=1S/C11H20F3NO3/c1-4-15-10(2,9(16)17-3)6-5-7-18-8-11(12,13)14/h15H,4-8H2,1-3H3. The van der Waals surface area contributed by atoms with E-state index in [0.29, 0.717) is 19.4 Å². The van der Waals surface area contributed by atoms with Crippen LogP contribution in [0.4, 0.5) is 13.2 Å². The highest BCUT2D eigenvalue weighted by atomic mass is 19.4. The van der Waals surface area contributed by atoms with Crippen LogP contribution in [0.25, 0.3) is 0 Å². The van der Waals surface area contributed by atoms with Gasteiger partial charge in [0.2, 0.25) is 0 Å². The first kappa shape index (κ1) is 17.2. The van der Waals surface area contributed by atoms with Gasteiger partial charge in [0.05, 0.1) is 7.11 Å². The maximum atomic E-state index is 11.8. The van der Waals surface area contributed by atoms with Crippen molar-refractivity contribution in [3.05, 3.63) is 0 Å². The van der Waals surface area contributed by atoms with Crippen molar-refractivity contribution in [1.29, 1.82) is 0 Å². The van der Waals surface area contributed by atoms with E-state index in [-0.39, 0.29) is 6.61 Å². The lowest BCUT2D eigenvalue weighted by Crippen LogP contribution is -2.50.